The first-order valence-electron chi connectivity index (χ1n) is 7.70. The van der Waals surface area contributed by atoms with Crippen molar-refractivity contribution in [1.82, 2.24) is 4.90 Å². The lowest BCUT2D eigenvalue weighted by Crippen LogP contribution is -2.39. The minimum Gasteiger partial charge on any atom is -0.490 e. The Morgan fingerprint density at radius 3 is 2.76 bits per heavy atom. The molecular formula is C17H25NO3. The molecule has 0 amide bonds. The molecule has 2 atom stereocenters. The molecule has 0 spiro atoms. The summed E-state index contributed by atoms with van der Waals surface area (Å²) in [7, 11) is 2.16. The summed E-state index contributed by atoms with van der Waals surface area (Å²) < 4.78 is 6.04. The van der Waals surface area contributed by atoms with Crippen LogP contribution in [0, 0.1) is 5.92 Å². The SMILES string of the molecule is CC(Oc1ccc(CCC(=O)O)cc1)C1CCCN(C)C1. The normalized spacial score (nSPS) is 21.0. The standard InChI is InChI=1S/C17H25NO3/c1-13(15-4-3-11-18(2)12-15)21-16-8-5-14(6-9-16)7-10-17(19)20/h5-6,8-9,13,15H,3-4,7,10-12H2,1-2H3,(H,19,20). The molecule has 0 aliphatic carbocycles. The summed E-state index contributed by atoms with van der Waals surface area (Å²) in [5, 5.41) is 8.69. The minimum absolute atomic E-state index is 0.172. The predicted octanol–water partition coefficient (Wildman–Crippen LogP) is 2.81. The second-order valence-corrected chi connectivity index (χ2v) is 6.03. The predicted molar refractivity (Wildman–Crippen MR) is 82.7 cm³/mol. The van der Waals surface area contributed by atoms with Crippen LogP contribution in [-0.2, 0) is 11.2 Å². The molecule has 1 saturated heterocycles. The van der Waals surface area contributed by atoms with Crippen molar-refractivity contribution < 1.29 is 14.6 Å². The van der Waals surface area contributed by atoms with E-state index in [4.69, 9.17) is 9.84 Å². The highest BCUT2D eigenvalue weighted by Crippen LogP contribution is 2.23. The maximum absolute atomic E-state index is 10.6. The molecule has 1 aliphatic rings. The molecule has 0 aromatic heterocycles. The summed E-state index contributed by atoms with van der Waals surface area (Å²) in [6, 6.07) is 7.80. The Hall–Kier alpha value is -1.55. The van der Waals surface area contributed by atoms with Gasteiger partial charge in [-0.15, -0.1) is 0 Å². The largest absolute Gasteiger partial charge is 0.490 e. The van der Waals surface area contributed by atoms with Crippen LogP contribution in [0.25, 0.3) is 0 Å². The molecule has 1 aliphatic heterocycles. The van der Waals surface area contributed by atoms with E-state index in [0.717, 1.165) is 17.9 Å². The van der Waals surface area contributed by atoms with Gasteiger partial charge in [0.05, 0.1) is 6.10 Å². The molecular weight excluding hydrogens is 266 g/mol. The summed E-state index contributed by atoms with van der Waals surface area (Å²) in [4.78, 5) is 12.9. The molecule has 0 saturated carbocycles. The smallest absolute Gasteiger partial charge is 0.303 e. The highest BCUT2D eigenvalue weighted by atomic mass is 16.5. The second kappa shape index (κ2) is 7.46. The quantitative estimate of drug-likeness (QED) is 0.875. The number of carboxylic acids is 1. The Kier molecular flexibility index (Phi) is 5.62. The number of nitrogens with zero attached hydrogens (tertiary/aromatic N) is 1. The highest BCUT2D eigenvalue weighted by Gasteiger charge is 2.23. The zero-order chi connectivity index (χ0) is 15.2. The molecule has 21 heavy (non-hydrogen) atoms. The van der Waals surface area contributed by atoms with Gasteiger partial charge in [0.25, 0.3) is 0 Å². The van der Waals surface area contributed by atoms with Gasteiger partial charge in [0.15, 0.2) is 0 Å². The fourth-order valence-corrected chi connectivity index (χ4v) is 2.89. The van der Waals surface area contributed by atoms with Crippen molar-refractivity contribution >= 4 is 5.97 Å². The zero-order valence-corrected chi connectivity index (χ0v) is 12.9. The Bertz CT molecular complexity index is 458. The van der Waals surface area contributed by atoms with Gasteiger partial charge in [-0.2, -0.15) is 0 Å². The number of carboxylic acid groups (broad SMARTS) is 1. The number of rotatable bonds is 6. The Labute approximate surface area is 126 Å². The van der Waals surface area contributed by atoms with Crippen LogP contribution in [0.5, 0.6) is 5.75 Å². The molecule has 1 heterocycles. The van der Waals surface area contributed by atoms with Gasteiger partial charge in [0, 0.05) is 18.9 Å². The summed E-state index contributed by atoms with van der Waals surface area (Å²) >= 11 is 0. The first-order valence-corrected chi connectivity index (χ1v) is 7.70. The number of aryl methyl sites for hydroxylation is 1. The number of ether oxygens (including phenoxy) is 1. The number of hydrogen-bond donors (Lipinski definition) is 1. The number of hydrogen-bond acceptors (Lipinski definition) is 3. The molecule has 1 fully saturated rings. The Morgan fingerprint density at radius 2 is 2.14 bits per heavy atom. The van der Waals surface area contributed by atoms with Gasteiger partial charge in [-0.05, 0) is 57.5 Å². The maximum Gasteiger partial charge on any atom is 0.303 e. The molecule has 1 N–H and O–H groups in total. The molecule has 4 heteroatoms. The molecule has 0 bridgehead atoms. The lowest BCUT2D eigenvalue weighted by Gasteiger charge is -2.33. The first kappa shape index (κ1) is 15.8. The third kappa shape index (κ3) is 5.05. The van der Waals surface area contributed by atoms with E-state index in [2.05, 4.69) is 18.9 Å². The zero-order valence-electron chi connectivity index (χ0n) is 12.9. The van der Waals surface area contributed by atoms with E-state index in [0.29, 0.717) is 12.3 Å². The van der Waals surface area contributed by atoms with Crippen molar-refractivity contribution in [3.63, 3.8) is 0 Å². The van der Waals surface area contributed by atoms with Crippen molar-refractivity contribution in [2.45, 2.75) is 38.7 Å². The maximum atomic E-state index is 10.6. The average Bonchev–Trinajstić information content (AvgIpc) is 2.46. The van der Waals surface area contributed by atoms with E-state index >= 15 is 0 Å². The average molecular weight is 291 g/mol. The summed E-state index contributed by atoms with van der Waals surface area (Å²) in [5.74, 6) is 0.690. The number of aliphatic carboxylic acids is 1. The van der Waals surface area contributed by atoms with Crippen LogP contribution in [-0.4, -0.2) is 42.2 Å². The third-order valence-electron chi connectivity index (χ3n) is 4.20. The van der Waals surface area contributed by atoms with Gasteiger partial charge in [0.2, 0.25) is 0 Å². The second-order valence-electron chi connectivity index (χ2n) is 6.03. The summed E-state index contributed by atoms with van der Waals surface area (Å²) in [6.07, 6.45) is 3.41. The van der Waals surface area contributed by atoms with E-state index in [1.54, 1.807) is 0 Å². The van der Waals surface area contributed by atoms with Crippen molar-refractivity contribution in [1.29, 1.82) is 0 Å². The van der Waals surface area contributed by atoms with Gasteiger partial charge < -0.3 is 14.7 Å². The van der Waals surface area contributed by atoms with Crippen molar-refractivity contribution in [2.75, 3.05) is 20.1 Å². The van der Waals surface area contributed by atoms with Crippen LogP contribution in [0.2, 0.25) is 0 Å². The van der Waals surface area contributed by atoms with Crippen molar-refractivity contribution in [2.24, 2.45) is 5.92 Å². The van der Waals surface area contributed by atoms with Crippen LogP contribution < -0.4 is 4.74 Å². The van der Waals surface area contributed by atoms with E-state index < -0.39 is 5.97 Å². The molecule has 0 radical (unpaired) electrons. The summed E-state index contributed by atoms with van der Waals surface area (Å²) in [5.41, 5.74) is 1.04. The molecule has 2 unspecified atom stereocenters. The lowest BCUT2D eigenvalue weighted by molar-refractivity contribution is -0.136. The van der Waals surface area contributed by atoms with Crippen LogP contribution in [0.1, 0.15) is 31.7 Å². The number of carbonyl (C=O) groups is 1. The summed E-state index contributed by atoms with van der Waals surface area (Å²) in [6.45, 7) is 4.42. The molecule has 1 aromatic carbocycles. The minimum atomic E-state index is -0.759. The van der Waals surface area contributed by atoms with Crippen LogP contribution in [0.15, 0.2) is 24.3 Å². The Morgan fingerprint density at radius 1 is 1.43 bits per heavy atom. The van der Waals surface area contributed by atoms with Gasteiger partial charge in [-0.1, -0.05) is 12.1 Å². The Balaban J connectivity index is 1.86. The molecule has 1 aromatic rings. The van der Waals surface area contributed by atoms with E-state index in [1.807, 2.05) is 24.3 Å². The van der Waals surface area contributed by atoms with E-state index in [9.17, 15) is 4.79 Å². The lowest BCUT2D eigenvalue weighted by atomic mass is 9.93. The van der Waals surface area contributed by atoms with Crippen LogP contribution in [0.4, 0.5) is 0 Å². The first-order chi connectivity index (χ1) is 10.0. The highest BCUT2D eigenvalue weighted by molar-refractivity contribution is 5.67. The molecule has 2 rings (SSSR count). The van der Waals surface area contributed by atoms with E-state index in [1.165, 1.54) is 19.4 Å². The molecule has 116 valence electrons. The van der Waals surface area contributed by atoms with E-state index in [-0.39, 0.29) is 12.5 Å². The fraction of sp³-hybridized carbons (Fsp3) is 0.588. The number of benzene rings is 1. The number of piperidine rings is 1. The van der Waals surface area contributed by atoms with Gasteiger partial charge in [0.1, 0.15) is 5.75 Å². The van der Waals surface area contributed by atoms with Crippen molar-refractivity contribution in [3.05, 3.63) is 29.8 Å². The van der Waals surface area contributed by atoms with Crippen LogP contribution >= 0.6 is 0 Å². The fourth-order valence-electron chi connectivity index (χ4n) is 2.89. The third-order valence-corrected chi connectivity index (χ3v) is 4.20. The van der Waals surface area contributed by atoms with Crippen molar-refractivity contribution in [3.8, 4) is 5.75 Å². The van der Waals surface area contributed by atoms with Gasteiger partial charge in [-0.3, -0.25) is 4.79 Å². The van der Waals surface area contributed by atoms with Crippen LogP contribution in [0.3, 0.4) is 0 Å². The van der Waals surface area contributed by atoms with Gasteiger partial charge >= 0.3 is 5.97 Å². The molecule has 4 nitrogen and oxygen atoms in total. The van der Waals surface area contributed by atoms with Gasteiger partial charge in [-0.25, -0.2) is 0 Å². The number of likely N-dealkylation sites (tertiary alicyclic amines) is 1. The monoisotopic (exact) mass is 291 g/mol. The topological polar surface area (TPSA) is 49.8 Å².